The number of carbonyl (C=O) groups is 1. The largest absolute Gasteiger partial charge is 0.334 e. The van der Waals surface area contributed by atoms with Gasteiger partial charge in [0.15, 0.2) is 0 Å². The second-order valence-corrected chi connectivity index (χ2v) is 5.88. The molecule has 0 spiro atoms. The number of hydrogen-bond acceptors (Lipinski definition) is 2. The number of anilines is 2. The fraction of sp³-hybridized carbons (Fsp3) is 0.200. The Kier molecular flexibility index (Phi) is 4.47. The number of nitrogens with one attached hydrogen (secondary N) is 1. The van der Waals surface area contributed by atoms with Crippen LogP contribution in [-0.2, 0) is 11.2 Å². The van der Waals surface area contributed by atoms with Crippen molar-refractivity contribution in [1.82, 2.24) is 0 Å². The molecule has 1 N–H and O–H groups in total. The maximum absolute atomic E-state index is 12.4. The summed E-state index contributed by atoms with van der Waals surface area (Å²) in [4.78, 5) is 18.6. The van der Waals surface area contributed by atoms with Crippen LogP contribution in [0.4, 0.5) is 11.4 Å². The molecule has 0 radical (unpaired) electrons. The molecule has 122 valence electrons. The molecule has 1 aliphatic carbocycles. The minimum absolute atomic E-state index is 0.0430. The molecule has 0 atom stereocenters. The van der Waals surface area contributed by atoms with Gasteiger partial charge in [-0.25, -0.2) is 0 Å². The topological polar surface area (TPSA) is 44.7 Å². The van der Waals surface area contributed by atoms with E-state index in [1.165, 1.54) is 5.56 Å². The molecule has 0 bridgehead atoms. The standard InChI is InChI=1S/C20H21N3O/c1-14(21-2)23(3)19-10-8-18(9-11-19)22-20(24)17-12-15-6-4-5-7-16(15)13-17/h4-12H,13H2,1-3H3,(H,22,24). The summed E-state index contributed by atoms with van der Waals surface area (Å²) >= 11 is 0. The lowest BCUT2D eigenvalue weighted by atomic mass is 10.1. The molecular formula is C20H21N3O. The Morgan fingerprint density at radius 2 is 1.83 bits per heavy atom. The minimum atomic E-state index is -0.0430. The number of hydrogen-bond donors (Lipinski definition) is 1. The van der Waals surface area contributed by atoms with Crippen LogP contribution in [0.25, 0.3) is 6.08 Å². The summed E-state index contributed by atoms with van der Waals surface area (Å²) in [6.07, 6.45) is 2.66. The van der Waals surface area contributed by atoms with Gasteiger partial charge in [0.1, 0.15) is 0 Å². The van der Waals surface area contributed by atoms with Crippen molar-refractivity contribution < 1.29 is 4.79 Å². The van der Waals surface area contributed by atoms with E-state index in [1.807, 2.05) is 67.4 Å². The molecule has 0 saturated carbocycles. The lowest BCUT2D eigenvalue weighted by Gasteiger charge is -2.18. The Labute approximate surface area is 142 Å². The number of amidine groups is 1. The second kappa shape index (κ2) is 6.71. The lowest BCUT2D eigenvalue weighted by molar-refractivity contribution is -0.112. The van der Waals surface area contributed by atoms with Crippen molar-refractivity contribution in [2.24, 2.45) is 4.99 Å². The molecule has 0 fully saturated rings. The van der Waals surface area contributed by atoms with Gasteiger partial charge in [-0.15, -0.1) is 0 Å². The quantitative estimate of drug-likeness (QED) is 0.692. The van der Waals surface area contributed by atoms with E-state index in [4.69, 9.17) is 0 Å². The maximum Gasteiger partial charge on any atom is 0.251 e. The number of carbonyl (C=O) groups excluding carboxylic acids is 1. The van der Waals surface area contributed by atoms with E-state index in [9.17, 15) is 4.79 Å². The first kappa shape index (κ1) is 16.0. The smallest absolute Gasteiger partial charge is 0.251 e. The first-order valence-electron chi connectivity index (χ1n) is 7.95. The third-order valence-electron chi connectivity index (χ3n) is 4.38. The third-order valence-corrected chi connectivity index (χ3v) is 4.38. The number of aliphatic imine (C=N–C) groups is 1. The zero-order valence-corrected chi connectivity index (χ0v) is 14.2. The normalized spacial score (nSPS) is 13.3. The van der Waals surface area contributed by atoms with Crippen LogP contribution < -0.4 is 10.2 Å². The predicted molar refractivity (Wildman–Crippen MR) is 101 cm³/mol. The molecule has 4 heteroatoms. The van der Waals surface area contributed by atoms with Crippen LogP contribution in [0.1, 0.15) is 18.1 Å². The van der Waals surface area contributed by atoms with Gasteiger partial charge in [-0.1, -0.05) is 24.3 Å². The molecule has 0 unspecified atom stereocenters. The lowest BCUT2D eigenvalue weighted by Crippen LogP contribution is -2.23. The number of amides is 1. The molecule has 1 aliphatic rings. The van der Waals surface area contributed by atoms with Crippen LogP contribution in [0.15, 0.2) is 59.1 Å². The van der Waals surface area contributed by atoms with E-state index < -0.39 is 0 Å². The Bertz CT molecular complexity index is 819. The van der Waals surface area contributed by atoms with Gasteiger partial charge in [0, 0.05) is 37.5 Å². The highest BCUT2D eigenvalue weighted by Crippen LogP contribution is 2.26. The third kappa shape index (κ3) is 3.23. The van der Waals surface area contributed by atoms with E-state index in [1.54, 1.807) is 7.05 Å². The van der Waals surface area contributed by atoms with Crippen molar-refractivity contribution in [2.75, 3.05) is 24.3 Å². The monoisotopic (exact) mass is 319 g/mol. The first-order chi connectivity index (χ1) is 11.6. The van der Waals surface area contributed by atoms with Crippen molar-refractivity contribution in [2.45, 2.75) is 13.3 Å². The second-order valence-electron chi connectivity index (χ2n) is 5.88. The Morgan fingerprint density at radius 3 is 2.50 bits per heavy atom. The van der Waals surface area contributed by atoms with E-state index in [0.29, 0.717) is 6.42 Å². The van der Waals surface area contributed by atoms with Crippen molar-refractivity contribution in [3.63, 3.8) is 0 Å². The van der Waals surface area contributed by atoms with Gasteiger partial charge in [-0.2, -0.15) is 0 Å². The maximum atomic E-state index is 12.4. The van der Waals surface area contributed by atoms with Crippen LogP contribution in [0.2, 0.25) is 0 Å². The van der Waals surface area contributed by atoms with Gasteiger partial charge in [0.2, 0.25) is 0 Å². The average Bonchev–Trinajstić information content (AvgIpc) is 3.05. The Morgan fingerprint density at radius 1 is 1.12 bits per heavy atom. The van der Waals surface area contributed by atoms with Crippen molar-refractivity contribution in [1.29, 1.82) is 0 Å². The highest BCUT2D eigenvalue weighted by atomic mass is 16.1. The van der Waals surface area contributed by atoms with Gasteiger partial charge in [0.05, 0.1) is 5.84 Å². The van der Waals surface area contributed by atoms with Crippen LogP contribution in [0, 0.1) is 0 Å². The summed E-state index contributed by atoms with van der Waals surface area (Å²) in [7, 11) is 3.74. The summed E-state index contributed by atoms with van der Waals surface area (Å²) < 4.78 is 0. The molecule has 1 amide bonds. The average molecular weight is 319 g/mol. The molecule has 0 aromatic heterocycles. The van der Waals surface area contributed by atoms with Gasteiger partial charge < -0.3 is 10.2 Å². The summed E-state index contributed by atoms with van der Waals surface area (Å²) in [5.74, 6) is 0.888. The van der Waals surface area contributed by atoms with Crippen molar-refractivity contribution >= 4 is 29.2 Å². The van der Waals surface area contributed by atoms with E-state index in [0.717, 1.165) is 28.3 Å². The predicted octanol–water partition coefficient (Wildman–Crippen LogP) is 3.75. The summed E-state index contributed by atoms with van der Waals surface area (Å²) in [5.41, 5.74) is 4.96. The van der Waals surface area contributed by atoms with Crippen molar-refractivity contribution in [3.05, 3.63) is 65.2 Å². The molecule has 0 saturated heterocycles. The molecule has 3 rings (SSSR count). The fourth-order valence-electron chi connectivity index (χ4n) is 2.74. The summed E-state index contributed by atoms with van der Waals surface area (Å²) in [6.45, 7) is 1.96. The Balaban J connectivity index is 1.68. The summed E-state index contributed by atoms with van der Waals surface area (Å²) in [5, 5.41) is 2.97. The molecule has 2 aromatic rings. The zero-order chi connectivity index (χ0) is 17.1. The van der Waals surface area contributed by atoms with Gasteiger partial charge in [-0.3, -0.25) is 9.79 Å². The molecule has 2 aromatic carbocycles. The molecule has 0 aliphatic heterocycles. The van der Waals surface area contributed by atoms with Crippen LogP contribution in [0.5, 0.6) is 0 Å². The number of nitrogens with zero attached hydrogens (tertiary/aromatic N) is 2. The molecule has 0 heterocycles. The molecular weight excluding hydrogens is 298 g/mol. The first-order valence-corrected chi connectivity index (χ1v) is 7.95. The van der Waals surface area contributed by atoms with Gasteiger partial charge in [-0.05, 0) is 48.4 Å². The summed E-state index contributed by atoms with van der Waals surface area (Å²) in [6, 6.07) is 15.9. The number of benzene rings is 2. The van der Waals surface area contributed by atoms with E-state index >= 15 is 0 Å². The van der Waals surface area contributed by atoms with Gasteiger partial charge >= 0.3 is 0 Å². The van der Waals surface area contributed by atoms with Crippen molar-refractivity contribution in [3.8, 4) is 0 Å². The minimum Gasteiger partial charge on any atom is -0.334 e. The van der Waals surface area contributed by atoms with Crippen LogP contribution in [-0.4, -0.2) is 25.8 Å². The SMILES string of the molecule is CN=C(C)N(C)c1ccc(NC(=O)C2=Cc3ccccc3C2)cc1. The highest BCUT2D eigenvalue weighted by Gasteiger charge is 2.18. The molecule has 24 heavy (non-hydrogen) atoms. The van der Waals surface area contributed by atoms with E-state index in [2.05, 4.69) is 16.4 Å². The van der Waals surface area contributed by atoms with Gasteiger partial charge in [0.25, 0.3) is 5.91 Å². The van der Waals surface area contributed by atoms with Crippen LogP contribution >= 0.6 is 0 Å². The Hall–Kier alpha value is -2.88. The highest BCUT2D eigenvalue weighted by molar-refractivity contribution is 6.08. The number of fused-ring (bicyclic) bond motifs is 1. The van der Waals surface area contributed by atoms with Crippen LogP contribution in [0.3, 0.4) is 0 Å². The zero-order valence-electron chi connectivity index (χ0n) is 14.2. The van der Waals surface area contributed by atoms with E-state index in [-0.39, 0.29) is 5.91 Å². The number of rotatable bonds is 3. The fourth-order valence-corrected chi connectivity index (χ4v) is 2.74. The molecule has 4 nitrogen and oxygen atoms in total.